The molecular weight excluding hydrogens is 292 g/mol. The molecule has 1 aliphatic heterocycles. The van der Waals surface area contributed by atoms with Gasteiger partial charge in [0.15, 0.2) is 0 Å². The monoisotopic (exact) mass is 312 g/mol. The molecule has 0 aliphatic carbocycles. The summed E-state index contributed by atoms with van der Waals surface area (Å²) in [7, 11) is 0. The predicted octanol–water partition coefficient (Wildman–Crippen LogP) is 1.53. The SMILES string of the molecule is CCOc1ncnc2c1CN(Cc1ccc(C(N)=O)cc1)CC2. The van der Waals surface area contributed by atoms with Crippen LogP contribution >= 0.6 is 0 Å². The molecular formula is C17H20N4O2. The topological polar surface area (TPSA) is 81.3 Å². The summed E-state index contributed by atoms with van der Waals surface area (Å²) in [6.45, 7) is 5.06. The van der Waals surface area contributed by atoms with Gasteiger partial charge in [-0.15, -0.1) is 0 Å². The van der Waals surface area contributed by atoms with E-state index in [0.29, 0.717) is 18.1 Å². The van der Waals surface area contributed by atoms with E-state index in [0.717, 1.165) is 42.9 Å². The van der Waals surface area contributed by atoms with E-state index >= 15 is 0 Å². The molecule has 120 valence electrons. The molecule has 2 aromatic rings. The van der Waals surface area contributed by atoms with Gasteiger partial charge in [0.25, 0.3) is 0 Å². The van der Waals surface area contributed by atoms with Crippen LogP contribution in [0.5, 0.6) is 5.88 Å². The van der Waals surface area contributed by atoms with Crippen molar-refractivity contribution in [1.82, 2.24) is 14.9 Å². The molecule has 0 unspecified atom stereocenters. The highest BCUT2D eigenvalue weighted by atomic mass is 16.5. The van der Waals surface area contributed by atoms with Crippen molar-refractivity contribution in [3.63, 3.8) is 0 Å². The first-order valence-electron chi connectivity index (χ1n) is 7.74. The number of benzene rings is 1. The molecule has 0 bridgehead atoms. The van der Waals surface area contributed by atoms with Crippen molar-refractivity contribution in [2.45, 2.75) is 26.4 Å². The minimum absolute atomic E-state index is 0.401. The Kier molecular flexibility index (Phi) is 4.52. The Morgan fingerprint density at radius 2 is 2.09 bits per heavy atom. The van der Waals surface area contributed by atoms with Gasteiger partial charge in [-0.25, -0.2) is 9.97 Å². The Bertz CT molecular complexity index is 700. The number of carbonyl (C=O) groups is 1. The largest absolute Gasteiger partial charge is 0.478 e. The van der Waals surface area contributed by atoms with Gasteiger partial charge in [-0.1, -0.05) is 12.1 Å². The first-order chi connectivity index (χ1) is 11.2. The fraction of sp³-hybridized carbons (Fsp3) is 0.353. The minimum atomic E-state index is -0.401. The van der Waals surface area contributed by atoms with Gasteiger partial charge >= 0.3 is 0 Å². The summed E-state index contributed by atoms with van der Waals surface area (Å²) >= 11 is 0. The predicted molar refractivity (Wildman–Crippen MR) is 86.0 cm³/mol. The number of amides is 1. The number of rotatable bonds is 5. The third-order valence-electron chi connectivity index (χ3n) is 3.97. The molecule has 1 aliphatic rings. The average molecular weight is 312 g/mol. The van der Waals surface area contributed by atoms with Gasteiger partial charge in [0.1, 0.15) is 6.33 Å². The second kappa shape index (κ2) is 6.75. The number of carbonyl (C=O) groups excluding carboxylic acids is 1. The zero-order valence-electron chi connectivity index (χ0n) is 13.2. The van der Waals surface area contributed by atoms with Crippen molar-refractivity contribution in [2.24, 2.45) is 5.73 Å². The second-order valence-electron chi connectivity index (χ2n) is 5.56. The van der Waals surface area contributed by atoms with Crippen molar-refractivity contribution < 1.29 is 9.53 Å². The molecule has 1 amide bonds. The van der Waals surface area contributed by atoms with Crippen LogP contribution in [0, 0.1) is 0 Å². The normalized spacial score (nSPS) is 14.3. The molecule has 0 radical (unpaired) electrons. The molecule has 6 nitrogen and oxygen atoms in total. The minimum Gasteiger partial charge on any atom is -0.478 e. The number of aromatic nitrogens is 2. The molecule has 2 N–H and O–H groups in total. The summed E-state index contributed by atoms with van der Waals surface area (Å²) in [6, 6.07) is 7.43. The van der Waals surface area contributed by atoms with Gasteiger partial charge in [0, 0.05) is 37.2 Å². The van der Waals surface area contributed by atoms with Crippen molar-refractivity contribution in [3.05, 3.63) is 53.0 Å². The van der Waals surface area contributed by atoms with Crippen LogP contribution in [0.4, 0.5) is 0 Å². The van der Waals surface area contributed by atoms with E-state index in [-0.39, 0.29) is 0 Å². The van der Waals surface area contributed by atoms with E-state index in [1.165, 1.54) is 0 Å². The smallest absolute Gasteiger partial charge is 0.248 e. The highest BCUT2D eigenvalue weighted by molar-refractivity contribution is 5.92. The van der Waals surface area contributed by atoms with Gasteiger partial charge in [0.05, 0.1) is 12.3 Å². The maximum Gasteiger partial charge on any atom is 0.248 e. The Morgan fingerprint density at radius 1 is 1.30 bits per heavy atom. The van der Waals surface area contributed by atoms with Crippen molar-refractivity contribution in [1.29, 1.82) is 0 Å². The van der Waals surface area contributed by atoms with Gasteiger partial charge in [-0.3, -0.25) is 9.69 Å². The van der Waals surface area contributed by atoms with Gasteiger partial charge in [0.2, 0.25) is 11.8 Å². The second-order valence-corrected chi connectivity index (χ2v) is 5.56. The summed E-state index contributed by atoms with van der Waals surface area (Å²) in [5, 5.41) is 0. The van der Waals surface area contributed by atoms with Crippen LogP contribution in [0.1, 0.15) is 34.1 Å². The summed E-state index contributed by atoms with van der Waals surface area (Å²) in [5.74, 6) is 0.285. The van der Waals surface area contributed by atoms with Gasteiger partial charge in [-0.2, -0.15) is 0 Å². The quantitative estimate of drug-likeness (QED) is 0.905. The third-order valence-corrected chi connectivity index (χ3v) is 3.97. The summed E-state index contributed by atoms with van der Waals surface area (Å²) < 4.78 is 5.62. The fourth-order valence-corrected chi connectivity index (χ4v) is 2.80. The maximum absolute atomic E-state index is 11.1. The lowest BCUT2D eigenvalue weighted by Gasteiger charge is -2.28. The van der Waals surface area contributed by atoms with Crippen molar-refractivity contribution >= 4 is 5.91 Å². The molecule has 1 aromatic heterocycles. The van der Waals surface area contributed by atoms with Crippen LogP contribution in [0.2, 0.25) is 0 Å². The molecule has 1 aromatic carbocycles. The van der Waals surface area contributed by atoms with Crippen LogP contribution in [0.3, 0.4) is 0 Å². The van der Waals surface area contributed by atoms with Crippen molar-refractivity contribution in [2.75, 3.05) is 13.2 Å². The van der Waals surface area contributed by atoms with Gasteiger partial charge in [-0.05, 0) is 24.6 Å². The molecule has 0 spiro atoms. The number of ether oxygens (including phenoxy) is 1. The number of nitrogens with two attached hydrogens (primary N) is 1. The van der Waals surface area contributed by atoms with Crippen LogP contribution in [0.15, 0.2) is 30.6 Å². The van der Waals surface area contributed by atoms with E-state index in [1.54, 1.807) is 18.5 Å². The maximum atomic E-state index is 11.1. The van der Waals surface area contributed by atoms with Gasteiger partial charge < -0.3 is 10.5 Å². The molecule has 3 rings (SSSR count). The number of primary amides is 1. The lowest BCUT2D eigenvalue weighted by atomic mass is 10.1. The zero-order chi connectivity index (χ0) is 16.2. The number of fused-ring (bicyclic) bond motifs is 1. The van der Waals surface area contributed by atoms with Crippen LogP contribution in [-0.4, -0.2) is 33.9 Å². The van der Waals surface area contributed by atoms with E-state index < -0.39 is 5.91 Å². The molecule has 0 atom stereocenters. The van der Waals surface area contributed by atoms with Crippen LogP contribution in [0.25, 0.3) is 0 Å². The number of nitrogens with zero attached hydrogens (tertiary/aromatic N) is 3. The fourth-order valence-electron chi connectivity index (χ4n) is 2.80. The molecule has 23 heavy (non-hydrogen) atoms. The standard InChI is InChI=1S/C17H20N4O2/c1-2-23-17-14-10-21(8-7-15(14)19-11-20-17)9-12-3-5-13(6-4-12)16(18)22/h3-6,11H,2,7-10H2,1H3,(H2,18,22). The molecule has 0 fully saturated rings. The lowest BCUT2D eigenvalue weighted by molar-refractivity contribution is 0.100. The Morgan fingerprint density at radius 3 is 2.78 bits per heavy atom. The summed E-state index contributed by atoms with van der Waals surface area (Å²) in [6.07, 6.45) is 2.46. The Labute approximate surface area is 135 Å². The lowest BCUT2D eigenvalue weighted by Crippen LogP contribution is -2.31. The molecule has 2 heterocycles. The number of hydrogen-bond donors (Lipinski definition) is 1. The van der Waals surface area contributed by atoms with E-state index in [2.05, 4.69) is 14.9 Å². The molecule has 0 saturated carbocycles. The average Bonchev–Trinajstić information content (AvgIpc) is 2.56. The van der Waals surface area contributed by atoms with E-state index in [4.69, 9.17) is 10.5 Å². The Balaban J connectivity index is 1.73. The first-order valence-corrected chi connectivity index (χ1v) is 7.74. The van der Waals surface area contributed by atoms with E-state index in [9.17, 15) is 4.79 Å². The highest BCUT2D eigenvalue weighted by Crippen LogP contribution is 2.25. The molecule has 6 heteroatoms. The third kappa shape index (κ3) is 3.48. The summed E-state index contributed by atoms with van der Waals surface area (Å²) in [5.41, 5.74) is 9.10. The van der Waals surface area contributed by atoms with Crippen molar-refractivity contribution in [3.8, 4) is 5.88 Å². The molecule has 0 saturated heterocycles. The summed E-state index contributed by atoms with van der Waals surface area (Å²) in [4.78, 5) is 22.1. The zero-order valence-corrected chi connectivity index (χ0v) is 13.2. The van der Waals surface area contributed by atoms with Crippen LogP contribution < -0.4 is 10.5 Å². The van der Waals surface area contributed by atoms with Crippen LogP contribution in [-0.2, 0) is 19.5 Å². The first kappa shape index (κ1) is 15.4. The van der Waals surface area contributed by atoms with E-state index in [1.807, 2.05) is 19.1 Å². The Hall–Kier alpha value is -2.47. The highest BCUT2D eigenvalue weighted by Gasteiger charge is 2.21. The number of hydrogen-bond acceptors (Lipinski definition) is 5.